The summed E-state index contributed by atoms with van der Waals surface area (Å²) in [5.41, 5.74) is 1.03. The molecule has 2 aromatic carbocycles. The predicted octanol–water partition coefficient (Wildman–Crippen LogP) is 4.32. The lowest BCUT2D eigenvalue weighted by Gasteiger charge is -2.04. The molecule has 24 heavy (non-hydrogen) atoms. The highest BCUT2D eigenvalue weighted by atomic mass is 35.5. The molecule has 0 aliphatic heterocycles. The minimum absolute atomic E-state index is 0.120. The normalized spacial score (nSPS) is 11.0. The van der Waals surface area contributed by atoms with E-state index in [1.165, 1.54) is 24.3 Å². The molecule has 0 N–H and O–H groups in total. The SMILES string of the molecule is O=S(=O)(N=S=c1ccn(-c2ccccc2)cc1)c1ccc(Cl)cc1. The van der Waals surface area contributed by atoms with Gasteiger partial charge >= 0.3 is 0 Å². The van der Waals surface area contributed by atoms with E-state index in [0.29, 0.717) is 5.02 Å². The first-order chi connectivity index (χ1) is 11.5. The molecule has 4 nitrogen and oxygen atoms in total. The Morgan fingerprint density at radius 1 is 0.875 bits per heavy atom. The summed E-state index contributed by atoms with van der Waals surface area (Å²) in [7, 11) is -3.72. The van der Waals surface area contributed by atoms with Crippen molar-refractivity contribution < 1.29 is 8.42 Å². The van der Waals surface area contributed by atoms with Crippen molar-refractivity contribution in [3.63, 3.8) is 0 Å². The third-order valence-electron chi connectivity index (χ3n) is 3.21. The van der Waals surface area contributed by atoms with Crippen molar-refractivity contribution in [2.75, 3.05) is 0 Å². The Morgan fingerprint density at radius 3 is 2.12 bits per heavy atom. The Morgan fingerprint density at radius 2 is 1.50 bits per heavy atom. The highest BCUT2D eigenvalue weighted by Crippen LogP contribution is 2.15. The molecule has 0 spiro atoms. The number of benzene rings is 2. The lowest BCUT2D eigenvalue weighted by atomic mass is 10.3. The van der Waals surface area contributed by atoms with Gasteiger partial charge in [-0.3, -0.25) is 0 Å². The summed E-state index contributed by atoms with van der Waals surface area (Å²) < 4.78 is 30.8. The molecule has 1 aromatic heterocycles. The molecule has 3 aromatic rings. The van der Waals surface area contributed by atoms with Crippen LogP contribution in [-0.2, 0) is 21.2 Å². The summed E-state index contributed by atoms with van der Waals surface area (Å²) in [6, 6.07) is 19.4. The molecule has 0 saturated heterocycles. The average molecular weight is 377 g/mol. The van der Waals surface area contributed by atoms with E-state index >= 15 is 0 Å². The first-order valence-corrected chi connectivity index (χ1v) is 9.60. The molecule has 122 valence electrons. The largest absolute Gasteiger partial charge is 0.324 e. The molecular weight excluding hydrogens is 364 g/mol. The van der Waals surface area contributed by atoms with Gasteiger partial charge in [0, 0.05) is 27.6 Å². The molecule has 0 unspecified atom stereocenters. The van der Waals surface area contributed by atoms with Crippen molar-refractivity contribution in [1.29, 1.82) is 0 Å². The van der Waals surface area contributed by atoms with E-state index in [1.54, 1.807) is 0 Å². The maximum absolute atomic E-state index is 12.2. The zero-order chi connectivity index (χ0) is 17.0. The highest BCUT2D eigenvalue weighted by Gasteiger charge is 2.10. The monoisotopic (exact) mass is 376 g/mol. The summed E-state index contributed by atoms with van der Waals surface area (Å²) in [6.07, 6.45) is 3.73. The standard InChI is InChI=1S/C17H13ClN2O2S2/c18-14-6-8-17(9-7-14)24(21,22)19-23-16-10-12-20(13-11-16)15-4-2-1-3-5-15/h1-13H. The molecule has 0 atom stereocenters. The molecule has 0 aliphatic carbocycles. The number of para-hydroxylation sites is 1. The zero-order valence-electron chi connectivity index (χ0n) is 12.4. The second-order valence-electron chi connectivity index (χ2n) is 4.87. The third kappa shape index (κ3) is 4.03. The van der Waals surface area contributed by atoms with Gasteiger partial charge in [0.1, 0.15) is 0 Å². The highest BCUT2D eigenvalue weighted by molar-refractivity contribution is 7.93. The lowest BCUT2D eigenvalue weighted by molar-refractivity contribution is 0.598. The maximum Gasteiger partial charge on any atom is 0.292 e. The fraction of sp³-hybridized carbons (Fsp3) is 0. The summed E-state index contributed by atoms with van der Waals surface area (Å²) >= 11 is 6.69. The second kappa shape index (κ2) is 7.17. The Labute approximate surface area is 148 Å². The average Bonchev–Trinajstić information content (AvgIpc) is 2.62. The molecule has 3 rings (SSSR count). The molecule has 0 aliphatic rings. The van der Waals surface area contributed by atoms with E-state index in [-0.39, 0.29) is 4.90 Å². The number of sulfonamides is 1. The van der Waals surface area contributed by atoms with E-state index in [2.05, 4.69) is 3.77 Å². The smallest absolute Gasteiger partial charge is 0.292 e. The van der Waals surface area contributed by atoms with Crippen molar-refractivity contribution in [2.24, 2.45) is 3.77 Å². The number of rotatable bonds is 3. The summed E-state index contributed by atoms with van der Waals surface area (Å²) in [5, 5.41) is 0.482. The van der Waals surface area contributed by atoms with Gasteiger partial charge in [-0.05, 0) is 59.7 Å². The van der Waals surface area contributed by atoms with Crippen molar-refractivity contribution in [3.8, 4) is 5.69 Å². The lowest BCUT2D eigenvalue weighted by Crippen LogP contribution is -1.95. The van der Waals surface area contributed by atoms with Crippen molar-refractivity contribution >= 4 is 32.8 Å². The molecule has 0 amide bonds. The minimum Gasteiger partial charge on any atom is -0.324 e. The quantitative estimate of drug-likeness (QED) is 0.639. The number of hydrogen-bond acceptors (Lipinski definition) is 2. The van der Waals surface area contributed by atoms with Gasteiger partial charge in [0.25, 0.3) is 10.0 Å². The van der Waals surface area contributed by atoms with Crippen LogP contribution in [0.15, 0.2) is 87.8 Å². The van der Waals surface area contributed by atoms with Crippen LogP contribution in [-0.4, -0.2) is 13.0 Å². The maximum atomic E-state index is 12.2. The van der Waals surface area contributed by atoms with Crippen molar-refractivity contribution in [2.45, 2.75) is 4.90 Å². The van der Waals surface area contributed by atoms with E-state index in [9.17, 15) is 8.42 Å². The van der Waals surface area contributed by atoms with Gasteiger partial charge in [0.05, 0.1) is 4.90 Å². The van der Waals surface area contributed by atoms with E-state index < -0.39 is 10.0 Å². The van der Waals surface area contributed by atoms with Crippen LogP contribution in [0.3, 0.4) is 0 Å². The zero-order valence-corrected chi connectivity index (χ0v) is 14.8. The number of hydrogen-bond donors (Lipinski definition) is 0. The fourth-order valence-corrected chi connectivity index (χ4v) is 3.92. The molecule has 7 heteroatoms. The van der Waals surface area contributed by atoms with Gasteiger partial charge in [-0.25, -0.2) is 0 Å². The number of aromatic nitrogens is 1. The molecular formula is C17H13ClN2O2S2. The molecule has 0 fully saturated rings. The van der Waals surface area contributed by atoms with Crippen LogP contribution in [0.25, 0.3) is 5.69 Å². The molecule has 1 heterocycles. The van der Waals surface area contributed by atoms with Crippen molar-refractivity contribution in [3.05, 3.63) is 88.7 Å². The van der Waals surface area contributed by atoms with Crippen LogP contribution in [0.4, 0.5) is 0 Å². The summed E-state index contributed by atoms with van der Waals surface area (Å²) in [6.45, 7) is 0. The third-order valence-corrected chi connectivity index (χ3v) is 5.89. The number of pyridine rings is 1. The van der Waals surface area contributed by atoms with E-state index in [0.717, 1.165) is 21.3 Å². The Bertz CT molecular complexity index is 1030. The first-order valence-electron chi connectivity index (χ1n) is 7.01. The van der Waals surface area contributed by atoms with Crippen LogP contribution in [0, 0.1) is 4.51 Å². The summed E-state index contributed by atoms with van der Waals surface area (Å²) in [4.78, 5) is 0.120. The van der Waals surface area contributed by atoms with Crippen LogP contribution in [0.2, 0.25) is 5.02 Å². The van der Waals surface area contributed by atoms with Gasteiger partial charge in [-0.1, -0.05) is 33.6 Å². The minimum atomic E-state index is -3.72. The molecule has 0 radical (unpaired) electrons. The first kappa shape index (κ1) is 16.7. The van der Waals surface area contributed by atoms with Crippen LogP contribution in [0.5, 0.6) is 0 Å². The van der Waals surface area contributed by atoms with Gasteiger partial charge in [0.2, 0.25) is 0 Å². The van der Waals surface area contributed by atoms with E-state index in [1.807, 2.05) is 59.4 Å². The fourth-order valence-electron chi connectivity index (χ4n) is 1.99. The van der Waals surface area contributed by atoms with Crippen LogP contribution in [0.1, 0.15) is 0 Å². The van der Waals surface area contributed by atoms with Gasteiger partial charge in [0.15, 0.2) is 0 Å². The molecule has 0 bridgehead atoms. The van der Waals surface area contributed by atoms with Crippen LogP contribution >= 0.6 is 11.6 Å². The van der Waals surface area contributed by atoms with Gasteiger partial charge in [-0.2, -0.15) is 8.42 Å². The van der Waals surface area contributed by atoms with Gasteiger partial charge < -0.3 is 4.57 Å². The second-order valence-corrected chi connectivity index (χ2v) is 7.98. The predicted molar refractivity (Wildman–Crippen MR) is 97.4 cm³/mol. The topological polar surface area (TPSA) is 51.4 Å². The Kier molecular flexibility index (Phi) is 4.99. The summed E-state index contributed by atoms with van der Waals surface area (Å²) in [5.74, 6) is 0. The molecule has 0 saturated carbocycles. The van der Waals surface area contributed by atoms with Gasteiger partial charge in [-0.15, -0.1) is 0 Å². The Hall–Kier alpha value is -2.15. The van der Waals surface area contributed by atoms with Crippen molar-refractivity contribution in [1.82, 2.24) is 4.57 Å². The van der Waals surface area contributed by atoms with E-state index in [4.69, 9.17) is 11.6 Å². The number of nitrogens with zero attached hydrogens (tertiary/aromatic N) is 2. The number of halogens is 1. The Balaban J connectivity index is 1.93. The van der Waals surface area contributed by atoms with Crippen LogP contribution < -0.4 is 0 Å².